The summed E-state index contributed by atoms with van der Waals surface area (Å²) in [5.74, 6) is 1.00. The van der Waals surface area contributed by atoms with Crippen LogP contribution in [0.2, 0.25) is 5.02 Å². The first-order chi connectivity index (χ1) is 11.1. The molecule has 0 aliphatic carbocycles. The Balaban J connectivity index is 1.83. The van der Waals surface area contributed by atoms with E-state index in [4.69, 9.17) is 11.6 Å². The summed E-state index contributed by atoms with van der Waals surface area (Å²) in [5, 5.41) is 13.0. The minimum atomic E-state index is -1.29. The zero-order valence-corrected chi connectivity index (χ0v) is 15.3. The van der Waals surface area contributed by atoms with Gasteiger partial charge in [0, 0.05) is 27.4 Å². The summed E-state index contributed by atoms with van der Waals surface area (Å²) < 4.78 is 1.02. The zero-order valence-electron chi connectivity index (χ0n) is 12.1. The first-order valence-corrected chi connectivity index (χ1v) is 9.47. The lowest BCUT2D eigenvalue weighted by atomic mass is 9.90. The first-order valence-electron chi connectivity index (χ1n) is 7.31. The maximum Gasteiger partial charge on any atom is 0.210 e. The van der Waals surface area contributed by atoms with E-state index in [0.717, 1.165) is 33.1 Å². The number of benzene rings is 2. The predicted molar refractivity (Wildman–Crippen MR) is 98.8 cm³/mol. The molecule has 118 valence electrons. The van der Waals surface area contributed by atoms with Gasteiger partial charge in [-0.1, -0.05) is 63.6 Å². The Morgan fingerprint density at radius 1 is 1.17 bits per heavy atom. The average molecular weight is 410 g/mol. The number of hydrogen-bond acceptors (Lipinski definition) is 4. The number of fused-ring (bicyclic) bond motifs is 1. The molecule has 3 nitrogen and oxygen atoms in total. The topological polar surface area (TPSA) is 35.8 Å². The fraction of sp³-hybridized carbons (Fsp3) is 0.235. The second-order valence-electron chi connectivity index (χ2n) is 5.62. The number of aliphatic imine (C=N–C) groups is 1. The van der Waals surface area contributed by atoms with E-state index in [1.807, 2.05) is 36.4 Å². The molecule has 6 heteroatoms. The normalized spacial score (nSPS) is 26.3. The van der Waals surface area contributed by atoms with Crippen LogP contribution in [0.15, 0.2) is 58.0 Å². The molecule has 1 saturated heterocycles. The van der Waals surface area contributed by atoms with Gasteiger partial charge in [0.15, 0.2) is 5.17 Å². The number of thioether (sulfide) groups is 1. The van der Waals surface area contributed by atoms with Gasteiger partial charge in [-0.2, -0.15) is 0 Å². The Bertz CT molecular complexity index is 765. The van der Waals surface area contributed by atoms with E-state index in [0.29, 0.717) is 5.02 Å². The van der Waals surface area contributed by atoms with Crippen molar-refractivity contribution in [3.05, 3.63) is 69.2 Å². The Morgan fingerprint density at radius 2 is 1.87 bits per heavy atom. The minimum Gasteiger partial charge on any atom is -0.364 e. The zero-order chi connectivity index (χ0) is 16.0. The van der Waals surface area contributed by atoms with Crippen molar-refractivity contribution in [2.75, 3.05) is 12.3 Å². The van der Waals surface area contributed by atoms with Crippen LogP contribution in [0.5, 0.6) is 0 Å². The molecule has 0 bridgehead atoms. The maximum absolute atomic E-state index is 11.4. The molecule has 0 spiro atoms. The second-order valence-corrected chi connectivity index (χ2v) is 8.04. The third kappa shape index (κ3) is 2.60. The molecule has 0 aromatic heterocycles. The number of nitrogens with zero attached hydrogens (tertiary/aromatic N) is 2. The highest BCUT2D eigenvalue weighted by Gasteiger charge is 2.51. The van der Waals surface area contributed by atoms with Gasteiger partial charge < -0.3 is 10.0 Å². The molecule has 2 atom stereocenters. The summed E-state index contributed by atoms with van der Waals surface area (Å²) >= 11 is 11.2. The van der Waals surface area contributed by atoms with E-state index in [1.165, 1.54) is 0 Å². The Hall–Kier alpha value is -1.01. The molecule has 1 N–H and O–H groups in total. The third-order valence-electron chi connectivity index (χ3n) is 4.22. The average Bonchev–Trinajstić information content (AvgIpc) is 3.08. The van der Waals surface area contributed by atoms with Crippen molar-refractivity contribution in [1.29, 1.82) is 0 Å². The number of aliphatic hydroxyl groups is 1. The summed E-state index contributed by atoms with van der Waals surface area (Å²) in [7, 11) is 0. The van der Waals surface area contributed by atoms with E-state index < -0.39 is 5.72 Å². The van der Waals surface area contributed by atoms with Crippen LogP contribution in [0.25, 0.3) is 0 Å². The summed E-state index contributed by atoms with van der Waals surface area (Å²) in [4.78, 5) is 6.87. The SMILES string of the molecule is OC1(c2ccc(Cl)cc2)N=C2SCCN2C1c1ccc(Br)cc1. The van der Waals surface area contributed by atoms with E-state index in [2.05, 4.69) is 25.8 Å². The van der Waals surface area contributed by atoms with Crippen LogP contribution in [0.3, 0.4) is 0 Å². The lowest BCUT2D eigenvalue weighted by Crippen LogP contribution is -2.37. The van der Waals surface area contributed by atoms with Gasteiger partial charge >= 0.3 is 0 Å². The molecule has 2 heterocycles. The molecule has 2 aromatic carbocycles. The van der Waals surface area contributed by atoms with E-state index >= 15 is 0 Å². The highest BCUT2D eigenvalue weighted by molar-refractivity contribution is 9.10. The molecule has 0 radical (unpaired) electrons. The van der Waals surface area contributed by atoms with Crippen LogP contribution in [-0.4, -0.2) is 27.5 Å². The molecule has 2 aromatic rings. The molecule has 2 aliphatic heterocycles. The lowest BCUT2D eigenvalue weighted by Gasteiger charge is -2.33. The molecule has 2 unspecified atom stereocenters. The molecular weight excluding hydrogens is 396 g/mol. The van der Waals surface area contributed by atoms with Crippen LogP contribution >= 0.6 is 39.3 Å². The Kier molecular flexibility index (Phi) is 3.92. The molecule has 4 rings (SSSR count). The third-order valence-corrected chi connectivity index (χ3v) is 5.97. The van der Waals surface area contributed by atoms with Crippen molar-refractivity contribution >= 4 is 44.5 Å². The van der Waals surface area contributed by atoms with Crippen molar-refractivity contribution < 1.29 is 5.11 Å². The molecular formula is C17H14BrClN2OS. The monoisotopic (exact) mass is 408 g/mol. The predicted octanol–water partition coefficient (Wildman–Crippen LogP) is 4.41. The highest BCUT2D eigenvalue weighted by Crippen LogP contribution is 2.49. The van der Waals surface area contributed by atoms with E-state index in [-0.39, 0.29) is 6.04 Å². The Labute approximate surface area is 152 Å². The summed E-state index contributed by atoms with van der Waals surface area (Å²) in [5.41, 5.74) is 0.519. The van der Waals surface area contributed by atoms with Crippen molar-refractivity contribution in [2.45, 2.75) is 11.8 Å². The summed E-state index contributed by atoms with van der Waals surface area (Å²) in [6, 6.07) is 15.2. The largest absolute Gasteiger partial charge is 0.364 e. The molecule has 0 amide bonds. The molecule has 0 saturated carbocycles. The number of hydrogen-bond donors (Lipinski definition) is 1. The van der Waals surface area contributed by atoms with Gasteiger partial charge in [-0.05, 0) is 29.8 Å². The van der Waals surface area contributed by atoms with Gasteiger partial charge in [-0.15, -0.1) is 0 Å². The highest BCUT2D eigenvalue weighted by atomic mass is 79.9. The van der Waals surface area contributed by atoms with Crippen molar-refractivity contribution in [3.8, 4) is 0 Å². The fourth-order valence-corrected chi connectivity index (χ4v) is 4.58. The Morgan fingerprint density at radius 3 is 2.57 bits per heavy atom. The first kappa shape index (κ1) is 15.5. The summed E-state index contributed by atoms with van der Waals surface area (Å²) in [6.45, 7) is 0.889. The van der Waals surface area contributed by atoms with Crippen LogP contribution in [0.1, 0.15) is 17.2 Å². The van der Waals surface area contributed by atoms with Crippen LogP contribution in [0, 0.1) is 0 Å². The molecule has 2 aliphatic rings. The van der Waals surface area contributed by atoms with Gasteiger partial charge in [0.05, 0.1) is 0 Å². The smallest absolute Gasteiger partial charge is 0.210 e. The van der Waals surface area contributed by atoms with Gasteiger partial charge in [0.25, 0.3) is 0 Å². The molecule has 23 heavy (non-hydrogen) atoms. The van der Waals surface area contributed by atoms with Crippen LogP contribution in [-0.2, 0) is 5.72 Å². The number of rotatable bonds is 2. The molecule has 1 fully saturated rings. The summed E-state index contributed by atoms with van der Waals surface area (Å²) in [6.07, 6.45) is 0. The fourth-order valence-electron chi connectivity index (χ4n) is 3.15. The van der Waals surface area contributed by atoms with E-state index in [9.17, 15) is 5.11 Å². The van der Waals surface area contributed by atoms with Crippen molar-refractivity contribution in [1.82, 2.24) is 4.90 Å². The standard InChI is InChI=1S/C17H14BrClN2OS/c18-13-5-1-11(2-6-13)15-17(22,12-3-7-14(19)8-4-12)20-16-21(15)9-10-23-16/h1-8,15,22H,9-10H2. The van der Waals surface area contributed by atoms with Gasteiger partial charge in [0.2, 0.25) is 5.72 Å². The van der Waals surface area contributed by atoms with Gasteiger partial charge in [0.1, 0.15) is 6.04 Å². The van der Waals surface area contributed by atoms with Crippen molar-refractivity contribution in [2.24, 2.45) is 4.99 Å². The van der Waals surface area contributed by atoms with E-state index in [1.54, 1.807) is 23.9 Å². The minimum absolute atomic E-state index is 0.221. The second kappa shape index (κ2) is 5.81. The number of halogens is 2. The number of amidine groups is 1. The van der Waals surface area contributed by atoms with Gasteiger partial charge in [-0.3, -0.25) is 0 Å². The van der Waals surface area contributed by atoms with Gasteiger partial charge in [-0.25, -0.2) is 4.99 Å². The van der Waals surface area contributed by atoms with Crippen molar-refractivity contribution in [3.63, 3.8) is 0 Å². The lowest BCUT2D eigenvalue weighted by molar-refractivity contribution is -0.00594. The maximum atomic E-state index is 11.4. The van der Waals surface area contributed by atoms with Crippen LogP contribution in [0.4, 0.5) is 0 Å². The quantitative estimate of drug-likeness (QED) is 0.798. The van der Waals surface area contributed by atoms with Crippen LogP contribution < -0.4 is 0 Å².